The van der Waals surface area contributed by atoms with Crippen molar-refractivity contribution in [2.75, 3.05) is 18.5 Å². The lowest BCUT2D eigenvalue weighted by atomic mass is 10.2. The highest BCUT2D eigenvalue weighted by molar-refractivity contribution is 9.10. The minimum absolute atomic E-state index is 0.0185. The quantitative estimate of drug-likeness (QED) is 0.255. The van der Waals surface area contributed by atoms with Crippen LogP contribution in [0.2, 0.25) is 31.0 Å². The van der Waals surface area contributed by atoms with Gasteiger partial charge in [-0.3, -0.25) is 0 Å². The summed E-state index contributed by atoms with van der Waals surface area (Å²) < 4.78 is 14.3. The molecule has 0 aliphatic carbocycles. The first-order chi connectivity index (χ1) is 15.2. The molecule has 0 radical (unpaired) electrons. The fourth-order valence-corrected chi connectivity index (χ4v) is 5.29. The van der Waals surface area contributed by atoms with E-state index in [0.717, 1.165) is 28.9 Å². The standard InChI is InChI=1S/C22H35BrClN5O3Si/c1-14-10-15(11-29(14)21(30)32-22(2,3)4)25-18-17-16(23)12-28(19(17)27-20(24)26-18)13-31-8-9-33(5,6)7/h12,14-15H,8-11,13H2,1-7H3,(H,25,26,27)/t14-,15+/m0/s1. The Kier molecular flexibility index (Phi) is 8.03. The molecule has 2 aromatic rings. The van der Waals surface area contributed by atoms with Gasteiger partial charge in [-0.15, -0.1) is 0 Å². The molecule has 1 fully saturated rings. The molecule has 2 atom stereocenters. The molecule has 1 aliphatic heterocycles. The fraction of sp³-hybridized carbons (Fsp3) is 0.682. The Hall–Kier alpha value is -1.36. The molecule has 0 bridgehead atoms. The van der Waals surface area contributed by atoms with Gasteiger partial charge in [-0.1, -0.05) is 19.6 Å². The lowest BCUT2D eigenvalue weighted by Crippen LogP contribution is -2.39. The van der Waals surface area contributed by atoms with Gasteiger partial charge >= 0.3 is 6.09 Å². The topological polar surface area (TPSA) is 81.5 Å². The molecular weight excluding hydrogens is 526 g/mol. The number of hydrogen-bond acceptors (Lipinski definition) is 6. The summed E-state index contributed by atoms with van der Waals surface area (Å²) in [7, 11) is -1.15. The van der Waals surface area contributed by atoms with Crippen LogP contribution in [0.15, 0.2) is 10.7 Å². The number of aromatic nitrogens is 3. The molecule has 0 saturated carbocycles. The van der Waals surface area contributed by atoms with Gasteiger partial charge in [0, 0.05) is 44.0 Å². The number of rotatable bonds is 7. The molecule has 33 heavy (non-hydrogen) atoms. The van der Waals surface area contributed by atoms with Gasteiger partial charge in [0.25, 0.3) is 0 Å². The van der Waals surface area contributed by atoms with Crippen LogP contribution in [0.25, 0.3) is 11.0 Å². The molecule has 1 amide bonds. The first-order valence-electron chi connectivity index (χ1n) is 11.3. The molecule has 3 heterocycles. The molecule has 0 unspecified atom stereocenters. The molecule has 3 rings (SSSR count). The normalized spacial score (nSPS) is 19.4. The molecule has 184 valence electrons. The zero-order valence-corrected chi connectivity index (χ0v) is 23.9. The van der Waals surface area contributed by atoms with E-state index in [1.165, 1.54) is 0 Å². The van der Waals surface area contributed by atoms with E-state index in [1.807, 2.05) is 38.5 Å². The van der Waals surface area contributed by atoms with Crippen molar-refractivity contribution in [1.82, 2.24) is 19.4 Å². The predicted molar refractivity (Wildman–Crippen MR) is 139 cm³/mol. The number of ether oxygens (including phenoxy) is 2. The van der Waals surface area contributed by atoms with Crippen LogP contribution in [0.5, 0.6) is 0 Å². The zero-order chi connectivity index (χ0) is 24.6. The second-order valence-electron chi connectivity index (χ2n) is 10.9. The van der Waals surface area contributed by atoms with Crippen molar-refractivity contribution >= 4 is 58.5 Å². The van der Waals surface area contributed by atoms with E-state index < -0.39 is 13.7 Å². The fourth-order valence-electron chi connectivity index (χ4n) is 3.76. The van der Waals surface area contributed by atoms with Gasteiger partial charge in [0.15, 0.2) is 0 Å². The van der Waals surface area contributed by atoms with E-state index in [0.29, 0.717) is 24.7 Å². The Bertz CT molecular complexity index is 1000. The van der Waals surface area contributed by atoms with Crippen LogP contribution < -0.4 is 5.32 Å². The van der Waals surface area contributed by atoms with Crippen molar-refractivity contribution in [1.29, 1.82) is 0 Å². The van der Waals surface area contributed by atoms with Crippen molar-refractivity contribution in [3.8, 4) is 0 Å². The summed E-state index contributed by atoms with van der Waals surface area (Å²) in [6.07, 6.45) is 2.42. The Balaban J connectivity index is 1.75. The van der Waals surface area contributed by atoms with Crippen molar-refractivity contribution in [2.24, 2.45) is 0 Å². The molecule has 1 N–H and O–H groups in total. The van der Waals surface area contributed by atoms with Crippen LogP contribution in [0.3, 0.4) is 0 Å². The number of likely N-dealkylation sites (tertiary alicyclic amines) is 1. The molecule has 8 nitrogen and oxygen atoms in total. The van der Waals surface area contributed by atoms with E-state index in [9.17, 15) is 4.79 Å². The summed E-state index contributed by atoms with van der Waals surface area (Å²) in [6.45, 7) is 16.3. The van der Waals surface area contributed by atoms with Gasteiger partial charge < -0.3 is 24.3 Å². The minimum Gasteiger partial charge on any atom is -0.444 e. The Morgan fingerprint density at radius 2 is 2.03 bits per heavy atom. The second kappa shape index (κ2) is 10.1. The molecule has 11 heteroatoms. The molecule has 1 saturated heterocycles. The highest BCUT2D eigenvalue weighted by Gasteiger charge is 2.35. The third-order valence-electron chi connectivity index (χ3n) is 5.41. The minimum atomic E-state index is -1.15. The van der Waals surface area contributed by atoms with Crippen molar-refractivity contribution in [2.45, 2.75) is 84.2 Å². The summed E-state index contributed by atoms with van der Waals surface area (Å²) in [4.78, 5) is 23.2. The third kappa shape index (κ3) is 7.06. The van der Waals surface area contributed by atoms with Crippen LogP contribution in [0.4, 0.5) is 10.6 Å². The van der Waals surface area contributed by atoms with Gasteiger partial charge in [-0.25, -0.2) is 4.79 Å². The van der Waals surface area contributed by atoms with E-state index in [-0.39, 0.29) is 23.5 Å². The smallest absolute Gasteiger partial charge is 0.410 e. The first-order valence-corrected chi connectivity index (χ1v) is 16.2. The number of halogens is 2. The monoisotopic (exact) mass is 559 g/mol. The average molecular weight is 561 g/mol. The average Bonchev–Trinajstić information content (AvgIpc) is 3.16. The predicted octanol–water partition coefficient (Wildman–Crippen LogP) is 5.97. The number of anilines is 1. The summed E-state index contributed by atoms with van der Waals surface area (Å²) in [6, 6.07) is 1.17. The van der Waals surface area contributed by atoms with Crippen LogP contribution in [-0.2, 0) is 16.2 Å². The van der Waals surface area contributed by atoms with Crippen LogP contribution in [-0.4, -0.2) is 64.4 Å². The highest BCUT2D eigenvalue weighted by Crippen LogP contribution is 2.33. The van der Waals surface area contributed by atoms with Crippen molar-refractivity contribution in [3.63, 3.8) is 0 Å². The SMILES string of the molecule is C[C@H]1C[C@@H](Nc2nc(Cl)nc3c2c(Br)cn3COCC[Si](C)(C)C)CN1C(=O)OC(C)(C)C. The van der Waals surface area contributed by atoms with Gasteiger partial charge in [0.1, 0.15) is 23.8 Å². The lowest BCUT2D eigenvalue weighted by molar-refractivity contribution is 0.0238. The second-order valence-corrected chi connectivity index (χ2v) is 17.7. The maximum absolute atomic E-state index is 12.6. The number of fused-ring (bicyclic) bond motifs is 1. The molecular formula is C22H35BrClN5O3Si. The molecule has 1 aliphatic rings. The largest absolute Gasteiger partial charge is 0.444 e. The zero-order valence-electron chi connectivity index (χ0n) is 20.5. The summed E-state index contributed by atoms with van der Waals surface area (Å²) in [5, 5.41) is 4.49. The Morgan fingerprint density at radius 1 is 1.33 bits per heavy atom. The van der Waals surface area contributed by atoms with Gasteiger partial charge in [-0.2, -0.15) is 9.97 Å². The summed E-state index contributed by atoms with van der Waals surface area (Å²) in [5.41, 5.74) is 0.173. The number of carbonyl (C=O) groups is 1. The van der Waals surface area contributed by atoms with Gasteiger partial charge in [0.2, 0.25) is 5.28 Å². The van der Waals surface area contributed by atoms with E-state index >= 15 is 0 Å². The van der Waals surface area contributed by atoms with E-state index in [1.54, 1.807) is 4.90 Å². The summed E-state index contributed by atoms with van der Waals surface area (Å²) >= 11 is 9.93. The van der Waals surface area contributed by atoms with E-state index in [4.69, 9.17) is 21.1 Å². The van der Waals surface area contributed by atoms with Crippen molar-refractivity contribution < 1.29 is 14.3 Å². The Labute approximate surface area is 210 Å². The maximum atomic E-state index is 12.6. The van der Waals surface area contributed by atoms with Gasteiger partial charge in [0.05, 0.1) is 5.39 Å². The molecule has 0 aromatic carbocycles. The molecule has 2 aromatic heterocycles. The maximum Gasteiger partial charge on any atom is 0.410 e. The third-order valence-corrected chi connectivity index (χ3v) is 7.89. The number of amides is 1. The summed E-state index contributed by atoms with van der Waals surface area (Å²) in [5.74, 6) is 0.640. The molecule has 0 spiro atoms. The number of hydrogen-bond donors (Lipinski definition) is 1. The lowest BCUT2D eigenvalue weighted by Gasteiger charge is -2.27. The Morgan fingerprint density at radius 3 is 2.67 bits per heavy atom. The number of carbonyl (C=O) groups excluding carboxylic acids is 1. The van der Waals surface area contributed by atoms with Crippen molar-refractivity contribution in [3.05, 3.63) is 16.0 Å². The first kappa shape index (κ1) is 26.2. The number of nitrogens with zero attached hydrogens (tertiary/aromatic N) is 4. The van der Waals surface area contributed by atoms with Crippen LogP contribution in [0, 0.1) is 0 Å². The number of nitrogens with one attached hydrogen (secondary N) is 1. The van der Waals surface area contributed by atoms with E-state index in [2.05, 4.69) is 50.9 Å². The highest BCUT2D eigenvalue weighted by atomic mass is 79.9. The van der Waals surface area contributed by atoms with Crippen LogP contribution in [0.1, 0.15) is 34.1 Å². The van der Waals surface area contributed by atoms with Crippen LogP contribution >= 0.6 is 27.5 Å². The van der Waals surface area contributed by atoms with Gasteiger partial charge in [-0.05, 0) is 67.7 Å².